The monoisotopic (exact) mass is 350 g/mol. The smallest absolute Gasteiger partial charge is 0.277 e. The van der Waals surface area contributed by atoms with Gasteiger partial charge in [0.05, 0.1) is 21.9 Å². The first-order valence-corrected chi connectivity index (χ1v) is 8.93. The van der Waals surface area contributed by atoms with Crippen LogP contribution in [0.3, 0.4) is 0 Å². The summed E-state index contributed by atoms with van der Waals surface area (Å²) in [6.07, 6.45) is 5.35. The molecule has 0 aromatic heterocycles. The first kappa shape index (κ1) is 15.5. The molecule has 5 atom stereocenters. The normalized spacial score (nSPS) is 32.3. The molecule has 4 aliphatic rings. The van der Waals surface area contributed by atoms with Crippen LogP contribution in [0.15, 0.2) is 48.6 Å². The highest BCUT2D eigenvalue weighted by Gasteiger charge is 2.56. The standard InChI is InChI=1S/C20H18N2O4/c23-19-17-11-5-6-12(8-7-11)18(17)20(24)21(19)15-9-10-16(22(25)26)14-4-2-1-3-13(14)15/h1-6,9-12,17-19,23H,7-8H2/t11?,12?,17-,18+,19?/m1/s1. The summed E-state index contributed by atoms with van der Waals surface area (Å²) in [7, 11) is 0. The van der Waals surface area contributed by atoms with Gasteiger partial charge in [0.25, 0.3) is 5.69 Å². The Kier molecular flexibility index (Phi) is 3.21. The second-order valence-corrected chi connectivity index (χ2v) is 7.42. The first-order valence-electron chi connectivity index (χ1n) is 8.93. The van der Waals surface area contributed by atoms with Crippen molar-refractivity contribution in [3.8, 4) is 0 Å². The second kappa shape index (κ2) is 5.38. The lowest BCUT2D eigenvalue weighted by atomic mass is 9.63. The zero-order chi connectivity index (χ0) is 18.0. The fourth-order valence-corrected chi connectivity index (χ4v) is 5.15. The number of aliphatic hydroxyl groups excluding tert-OH is 1. The van der Waals surface area contributed by atoms with Gasteiger partial charge in [-0.1, -0.05) is 30.4 Å². The van der Waals surface area contributed by atoms with Crippen LogP contribution in [0.2, 0.25) is 0 Å². The Bertz CT molecular complexity index is 969. The SMILES string of the molecule is O=C1[C@H]2C3C=CC(CC3)[C@H]2C(O)N1c1ccc([N+](=O)[O-])c2ccccc12. The number of hydrogen-bond acceptors (Lipinski definition) is 4. The zero-order valence-corrected chi connectivity index (χ0v) is 14.0. The lowest BCUT2D eigenvalue weighted by molar-refractivity contribution is -0.383. The number of carbonyl (C=O) groups excluding carboxylic acids is 1. The van der Waals surface area contributed by atoms with E-state index in [9.17, 15) is 20.0 Å². The minimum atomic E-state index is -0.893. The van der Waals surface area contributed by atoms with Gasteiger partial charge in [0, 0.05) is 17.4 Å². The largest absolute Gasteiger partial charge is 0.373 e. The molecule has 0 spiro atoms. The van der Waals surface area contributed by atoms with Crippen LogP contribution in [0, 0.1) is 33.8 Å². The molecule has 6 rings (SSSR count). The van der Waals surface area contributed by atoms with Crippen LogP contribution >= 0.6 is 0 Å². The van der Waals surface area contributed by atoms with Crippen molar-refractivity contribution in [3.05, 3.63) is 58.7 Å². The Morgan fingerprint density at radius 1 is 1.04 bits per heavy atom. The summed E-state index contributed by atoms with van der Waals surface area (Å²) in [5.74, 6) is 0.0446. The highest BCUT2D eigenvalue weighted by atomic mass is 16.6. The van der Waals surface area contributed by atoms with Gasteiger partial charge in [-0.25, -0.2) is 0 Å². The molecule has 0 radical (unpaired) electrons. The molecule has 1 aliphatic heterocycles. The Labute approximate surface area is 149 Å². The number of anilines is 1. The molecule has 3 aliphatic carbocycles. The molecule has 26 heavy (non-hydrogen) atoms. The topological polar surface area (TPSA) is 83.7 Å². The Balaban J connectivity index is 1.66. The number of nitrogens with zero attached hydrogens (tertiary/aromatic N) is 2. The third kappa shape index (κ3) is 1.93. The van der Waals surface area contributed by atoms with Crippen molar-refractivity contribution in [2.45, 2.75) is 19.1 Å². The number of non-ortho nitro benzene ring substituents is 1. The molecule has 1 heterocycles. The van der Waals surface area contributed by atoms with Gasteiger partial charge in [0.15, 0.2) is 0 Å². The number of hydrogen-bond donors (Lipinski definition) is 1. The molecule has 3 unspecified atom stereocenters. The molecule has 1 saturated carbocycles. The summed E-state index contributed by atoms with van der Waals surface area (Å²) >= 11 is 0. The van der Waals surface area contributed by atoms with E-state index in [1.165, 1.54) is 11.0 Å². The number of amides is 1. The number of rotatable bonds is 2. The Morgan fingerprint density at radius 3 is 2.38 bits per heavy atom. The predicted molar refractivity (Wildman–Crippen MR) is 96.4 cm³/mol. The van der Waals surface area contributed by atoms with E-state index < -0.39 is 11.2 Å². The molecule has 132 valence electrons. The number of aliphatic hydroxyl groups is 1. The van der Waals surface area contributed by atoms with E-state index in [0.717, 1.165) is 12.8 Å². The van der Waals surface area contributed by atoms with E-state index in [4.69, 9.17) is 0 Å². The third-order valence-electron chi connectivity index (χ3n) is 6.27. The van der Waals surface area contributed by atoms with Crippen LogP contribution in [0.25, 0.3) is 10.8 Å². The fourth-order valence-electron chi connectivity index (χ4n) is 5.15. The predicted octanol–water partition coefficient (Wildman–Crippen LogP) is 3.24. The van der Waals surface area contributed by atoms with Gasteiger partial charge in [-0.15, -0.1) is 0 Å². The Morgan fingerprint density at radius 2 is 1.73 bits per heavy atom. The van der Waals surface area contributed by atoms with E-state index >= 15 is 0 Å². The van der Waals surface area contributed by atoms with Crippen molar-refractivity contribution in [2.24, 2.45) is 23.7 Å². The van der Waals surface area contributed by atoms with Crippen molar-refractivity contribution in [1.82, 2.24) is 0 Å². The van der Waals surface area contributed by atoms with E-state index in [2.05, 4.69) is 12.2 Å². The molecule has 2 aromatic carbocycles. The summed E-state index contributed by atoms with van der Waals surface area (Å²) in [6.45, 7) is 0. The molecule has 1 amide bonds. The number of fused-ring (bicyclic) bond motifs is 2. The molecule has 2 fully saturated rings. The number of benzene rings is 2. The molecule has 2 aromatic rings. The van der Waals surface area contributed by atoms with Crippen LogP contribution in [0.1, 0.15) is 12.8 Å². The minimum absolute atomic E-state index is 0.00429. The first-order chi connectivity index (χ1) is 12.6. The zero-order valence-electron chi connectivity index (χ0n) is 14.0. The average molecular weight is 350 g/mol. The molecule has 2 bridgehead atoms. The van der Waals surface area contributed by atoms with Crippen LogP contribution in [-0.4, -0.2) is 22.2 Å². The third-order valence-corrected chi connectivity index (χ3v) is 6.27. The molecular weight excluding hydrogens is 332 g/mol. The average Bonchev–Trinajstić information content (AvgIpc) is 2.95. The van der Waals surface area contributed by atoms with E-state index in [1.54, 1.807) is 30.3 Å². The van der Waals surface area contributed by atoms with Crippen LogP contribution < -0.4 is 4.90 Å². The van der Waals surface area contributed by atoms with Gasteiger partial charge in [0.2, 0.25) is 5.91 Å². The van der Waals surface area contributed by atoms with E-state index in [-0.39, 0.29) is 35.3 Å². The number of carbonyl (C=O) groups is 1. The van der Waals surface area contributed by atoms with E-state index in [0.29, 0.717) is 16.5 Å². The molecule has 1 saturated heterocycles. The summed E-state index contributed by atoms with van der Waals surface area (Å²) in [5, 5.41) is 23.4. The summed E-state index contributed by atoms with van der Waals surface area (Å²) in [5.41, 5.74) is 0.558. The molecule has 6 heteroatoms. The van der Waals surface area contributed by atoms with Crippen molar-refractivity contribution in [2.75, 3.05) is 4.90 Å². The van der Waals surface area contributed by atoms with Crippen molar-refractivity contribution in [1.29, 1.82) is 0 Å². The van der Waals surface area contributed by atoms with Crippen LogP contribution in [-0.2, 0) is 4.79 Å². The van der Waals surface area contributed by atoms with Crippen LogP contribution in [0.4, 0.5) is 11.4 Å². The summed E-state index contributed by atoms with van der Waals surface area (Å²) in [6, 6.07) is 10.0. The van der Waals surface area contributed by atoms with Gasteiger partial charge in [-0.2, -0.15) is 0 Å². The molecule has 6 nitrogen and oxygen atoms in total. The maximum atomic E-state index is 13.2. The lowest BCUT2D eigenvalue weighted by Gasteiger charge is -2.40. The maximum absolute atomic E-state index is 13.2. The summed E-state index contributed by atoms with van der Waals surface area (Å²) < 4.78 is 0. The minimum Gasteiger partial charge on any atom is -0.373 e. The van der Waals surface area contributed by atoms with Crippen molar-refractivity contribution >= 4 is 28.1 Å². The quantitative estimate of drug-likeness (QED) is 0.512. The maximum Gasteiger partial charge on any atom is 0.277 e. The number of allylic oxidation sites excluding steroid dienone is 2. The fraction of sp³-hybridized carbons (Fsp3) is 0.350. The second-order valence-electron chi connectivity index (χ2n) is 7.42. The Hall–Kier alpha value is -2.73. The van der Waals surface area contributed by atoms with Gasteiger partial charge in [-0.3, -0.25) is 19.8 Å². The molecular formula is C20H18N2O4. The van der Waals surface area contributed by atoms with E-state index in [1.807, 2.05) is 0 Å². The van der Waals surface area contributed by atoms with Crippen LogP contribution in [0.5, 0.6) is 0 Å². The number of nitro benzene ring substituents is 1. The van der Waals surface area contributed by atoms with Gasteiger partial charge < -0.3 is 5.11 Å². The number of nitro groups is 1. The highest BCUT2D eigenvalue weighted by Crippen LogP contribution is 2.52. The summed E-state index contributed by atoms with van der Waals surface area (Å²) in [4.78, 5) is 25.6. The van der Waals surface area contributed by atoms with Gasteiger partial charge >= 0.3 is 0 Å². The highest BCUT2D eigenvalue weighted by molar-refractivity contribution is 6.08. The van der Waals surface area contributed by atoms with Gasteiger partial charge in [-0.05, 0) is 36.8 Å². The van der Waals surface area contributed by atoms with Crippen molar-refractivity contribution in [3.63, 3.8) is 0 Å². The molecule has 1 N–H and O–H groups in total. The van der Waals surface area contributed by atoms with Crippen molar-refractivity contribution < 1.29 is 14.8 Å². The lowest BCUT2D eigenvalue weighted by Crippen LogP contribution is -2.40. The van der Waals surface area contributed by atoms with Gasteiger partial charge in [0.1, 0.15) is 6.23 Å².